The molecule has 1 rings (SSSR count). The highest BCUT2D eigenvalue weighted by atomic mass is 16.6. The lowest BCUT2D eigenvalue weighted by atomic mass is 10.2. The molecule has 0 aliphatic heterocycles. The minimum absolute atomic E-state index is 0.0998. The van der Waals surface area contributed by atoms with Crippen LogP contribution >= 0.6 is 0 Å². The molecule has 0 radical (unpaired) electrons. The zero-order valence-electron chi connectivity index (χ0n) is 9.34. The van der Waals surface area contributed by atoms with Gasteiger partial charge in [0.15, 0.2) is 0 Å². The van der Waals surface area contributed by atoms with E-state index in [2.05, 4.69) is 9.47 Å². The van der Waals surface area contributed by atoms with Crippen molar-refractivity contribution in [2.45, 2.75) is 12.8 Å². The smallest absolute Gasteiger partial charge is 0.345 e. The van der Waals surface area contributed by atoms with E-state index in [9.17, 15) is 14.4 Å². The van der Waals surface area contributed by atoms with Crippen LogP contribution in [0.2, 0.25) is 0 Å². The average molecular weight is 236 g/mol. The number of ether oxygens (including phenoxy) is 2. The Morgan fingerprint density at radius 1 is 1.00 bits per heavy atom. The van der Waals surface area contributed by atoms with Crippen LogP contribution in [0.4, 0.5) is 0 Å². The van der Waals surface area contributed by atoms with Gasteiger partial charge in [-0.05, 0) is 12.1 Å². The highest BCUT2D eigenvalue weighted by molar-refractivity contribution is 5.97. The highest BCUT2D eigenvalue weighted by Crippen LogP contribution is 2.03. The summed E-state index contributed by atoms with van der Waals surface area (Å²) >= 11 is 0. The lowest BCUT2D eigenvalue weighted by Gasteiger charge is -2.02. The second-order valence-corrected chi connectivity index (χ2v) is 3.20. The third-order valence-electron chi connectivity index (χ3n) is 1.98. The summed E-state index contributed by atoms with van der Waals surface area (Å²) in [6.45, 7) is 0. The van der Waals surface area contributed by atoms with Gasteiger partial charge in [0.25, 0.3) is 0 Å². The van der Waals surface area contributed by atoms with Crippen molar-refractivity contribution in [3.8, 4) is 0 Å². The largest absolute Gasteiger partial charge is 0.469 e. The molecule has 17 heavy (non-hydrogen) atoms. The highest BCUT2D eigenvalue weighted by Gasteiger charge is 2.13. The van der Waals surface area contributed by atoms with E-state index >= 15 is 0 Å². The molecule has 0 unspecified atom stereocenters. The fourth-order valence-corrected chi connectivity index (χ4v) is 1.09. The van der Waals surface area contributed by atoms with Crippen molar-refractivity contribution in [3.63, 3.8) is 0 Å². The Morgan fingerprint density at radius 3 is 2.18 bits per heavy atom. The summed E-state index contributed by atoms with van der Waals surface area (Å²) in [4.78, 5) is 33.4. The van der Waals surface area contributed by atoms with E-state index in [1.807, 2.05) is 0 Å². The van der Waals surface area contributed by atoms with E-state index in [0.717, 1.165) is 0 Å². The van der Waals surface area contributed by atoms with Gasteiger partial charge in [-0.2, -0.15) is 0 Å². The third-order valence-corrected chi connectivity index (χ3v) is 1.98. The quantitative estimate of drug-likeness (QED) is 0.582. The molecule has 0 saturated carbocycles. The summed E-state index contributed by atoms with van der Waals surface area (Å²) in [5.41, 5.74) is 0.291. The molecule has 0 N–H and O–H groups in total. The van der Waals surface area contributed by atoms with Crippen LogP contribution in [0, 0.1) is 0 Å². The maximum absolute atomic E-state index is 11.4. The summed E-state index contributed by atoms with van der Waals surface area (Å²) < 4.78 is 8.90. The molecule has 0 aliphatic carbocycles. The van der Waals surface area contributed by atoms with Crippen molar-refractivity contribution in [3.05, 3.63) is 35.9 Å². The van der Waals surface area contributed by atoms with Gasteiger partial charge in [-0.25, -0.2) is 4.79 Å². The number of esters is 3. The molecular formula is C12H12O5. The van der Waals surface area contributed by atoms with Crippen LogP contribution in [0.5, 0.6) is 0 Å². The van der Waals surface area contributed by atoms with Gasteiger partial charge in [-0.1, -0.05) is 18.2 Å². The standard InChI is InChI=1S/C12H12O5/c1-16-10(13)7-8-11(14)17-12(15)9-5-3-2-4-6-9/h2-6H,7-8H2,1H3. The first-order chi connectivity index (χ1) is 8.13. The van der Waals surface area contributed by atoms with Crippen molar-refractivity contribution < 1.29 is 23.9 Å². The lowest BCUT2D eigenvalue weighted by Crippen LogP contribution is -2.14. The van der Waals surface area contributed by atoms with Crippen LogP contribution < -0.4 is 0 Å². The maximum Gasteiger partial charge on any atom is 0.345 e. The minimum atomic E-state index is -0.746. The van der Waals surface area contributed by atoms with E-state index < -0.39 is 17.9 Å². The average Bonchev–Trinajstić information content (AvgIpc) is 2.36. The summed E-state index contributed by atoms with van der Waals surface area (Å²) in [7, 11) is 1.22. The second kappa shape index (κ2) is 6.42. The fraction of sp³-hybridized carbons (Fsp3) is 0.250. The second-order valence-electron chi connectivity index (χ2n) is 3.20. The molecule has 0 atom stereocenters. The molecule has 0 heterocycles. The lowest BCUT2D eigenvalue weighted by molar-refractivity contribution is -0.146. The maximum atomic E-state index is 11.4. The monoisotopic (exact) mass is 236 g/mol. The van der Waals surface area contributed by atoms with E-state index in [1.165, 1.54) is 19.2 Å². The fourth-order valence-electron chi connectivity index (χ4n) is 1.09. The number of carbonyl (C=O) groups excluding carboxylic acids is 3. The molecule has 0 aromatic heterocycles. The number of rotatable bonds is 4. The van der Waals surface area contributed by atoms with Crippen LogP contribution in [0.3, 0.4) is 0 Å². The molecule has 90 valence electrons. The van der Waals surface area contributed by atoms with Crippen LogP contribution in [-0.2, 0) is 19.1 Å². The molecule has 0 fully saturated rings. The Hall–Kier alpha value is -2.17. The summed E-state index contributed by atoms with van der Waals surface area (Å²) in [5, 5.41) is 0. The predicted molar refractivity (Wildman–Crippen MR) is 58.1 cm³/mol. The Kier molecular flexibility index (Phi) is 4.87. The molecule has 1 aromatic carbocycles. The summed E-state index contributed by atoms with van der Waals surface area (Å²) in [6.07, 6.45) is -0.275. The Bertz CT molecular complexity index is 410. The normalized spacial score (nSPS) is 9.47. The number of methoxy groups -OCH3 is 1. The van der Waals surface area contributed by atoms with Gasteiger partial charge in [0.2, 0.25) is 0 Å². The van der Waals surface area contributed by atoms with Gasteiger partial charge < -0.3 is 9.47 Å². The number of carbonyl (C=O) groups is 3. The van der Waals surface area contributed by atoms with E-state index in [4.69, 9.17) is 0 Å². The van der Waals surface area contributed by atoms with Gasteiger partial charge in [0.05, 0.1) is 25.5 Å². The van der Waals surface area contributed by atoms with Gasteiger partial charge in [0, 0.05) is 0 Å². The SMILES string of the molecule is COC(=O)CCC(=O)OC(=O)c1ccccc1. The number of hydrogen-bond donors (Lipinski definition) is 0. The Labute approximate surface area is 98.3 Å². The van der Waals surface area contributed by atoms with Crippen molar-refractivity contribution in [2.75, 3.05) is 7.11 Å². The molecule has 1 aromatic rings. The van der Waals surface area contributed by atoms with Gasteiger partial charge >= 0.3 is 17.9 Å². The number of benzene rings is 1. The first kappa shape index (κ1) is 12.9. The Balaban J connectivity index is 2.42. The Morgan fingerprint density at radius 2 is 1.59 bits per heavy atom. The van der Waals surface area contributed by atoms with E-state index in [1.54, 1.807) is 18.2 Å². The molecule has 0 aliphatic rings. The van der Waals surface area contributed by atoms with Gasteiger partial charge in [-0.15, -0.1) is 0 Å². The van der Waals surface area contributed by atoms with Crippen LogP contribution in [-0.4, -0.2) is 25.0 Å². The van der Waals surface area contributed by atoms with Crippen molar-refractivity contribution >= 4 is 17.9 Å². The van der Waals surface area contributed by atoms with Gasteiger partial charge in [-0.3, -0.25) is 9.59 Å². The molecule has 0 spiro atoms. The van der Waals surface area contributed by atoms with Crippen molar-refractivity contribution in [1.29, 1.82) is 0 Å². The zero-order chi connectivity index (χ0) is 12.7. The third kappa shape index (κ3) is 4.46. The topological polar surface area (TPSA) is 69.7 Å². The van der Waals surface area contributed by atoms with Crippen LogP contribution in [0.15, 0.2) is 30.3 Å². The molecular weight excluding hydrogens is 224 g/mol. The predicted octanol–water partition coefficient (Wildman–Crippen LogP) is 1.32. The van der Waals surface area contributed by atoms with Crippen molar-refractivity contribution in [2.24, 2.45) is 0 Å². The van der Waals surface area contributed by atoms with Crippen LogP contribution in [0.1, 0.15) is 23.2 Å². The zero-order valence-corrected chi connectivity index (χ0v) is 9.34. The first-order valence-corrected chi connectivity index (χ1v) is 5.00. The summed E-state index contributed by atoms with van der Waals surface area (Å²) in [5.74, 6) is -1.99. The van der Waals surface area contributed by atoms with Crippen molar-refractivity contribution in [1.82, 2.24) is 0 Å². The molecule has 0 saturated heterocycles. The first-order valence-electron chi connectivity index (χ1n) is 5.00. The minimum Gasteiger partial charge on any atom is -0.469 e. The van der Waals surface area contributed by atoms with E-state index in [-0.39, 0.29) is 12.8 Å². The molecule has 5 heteroatoms. The molecule has 0 amide bonds. The molecule has 0 bridgehead atoms. The van der Waals surface area contributed by atoms with E-state index in [0.29, 0.717) is 5.56 Å². The number of hydrogen-bond acceptors (Lipinski definition) is 5. The molecule has 5 nitrogen and oxygen atoms in total. The van der Waals surface area contributed by atoms with Gasteiger partial charge in [0.1, 0.15) is 0 Å². The summed E-state index contributed by atoms with van der Waals surface area (Å²) in [6, 6.07) is 8.15. The van der Waals surface area contributed by atoms with Crippen LogP contribution in [0.25, 0.3) is 0 Å².